The van der Waals surface area contributed by atoms with Crippen molar-refractivity contribution in [2.24, 2.45) is 4.99 Å². The molecule has 7 nitrogen and oxygen atoms in total. The first-order valence-electron chi connectivity index (χ1n) is 7.74. The highest BCUT2D eigenvalue weighted by molar-refractivity contribution is 14.0. The van der Waals surface area contributed by atoms with E-state index in [4.69, 9.17) is 4.74 Å². The van der Waals surface area contributed by atoms with E-state index >= 15 is 0 Å². The Hall–Kier alpha value is -0.910. The van der Waals surface area contributed by atoms with Crippen molar-refractivity contribution >= 4 is 40.0 Å². The predicted molar refractivity (Wildman–Crippen MR) is 112 cm³/mol. The van der Waals surface area contributed by atoms with Crippen LogP contribution in [0.3, 0.4) is 0 Å². The number of hydrogen-bond donors (Lipinski definition) is 3. The fourth-order valence-corrected chi connectivity index (χ4v) is 2.88. The van der Waals surface area contributed by atoms with Crippen LogP contribution in [0.5, 0.6) is 0 Å². The average molecular weight is 484 g/mol. The third kappa shape index (κ3) is 9.38. The Morgan fingerprint density at radius 1 is 1.20 bits per heavy atom. The molecule has 1 rings (SSSR count). The minimum atomic E-state index is -3.50. The highest BCUT2D eigenvalue weighted by Gasteiger charge is 2.14. The summed E-state index contributed by atoms with van der Waals surface area (Å²) in [5.41, 5.74) is 0.871. The number of rotatable bonds is 7. The van der Waals surface area contributed by atoms with Crippen molar-refractivity contribution in [3.05, 3.63) is 29.8 Å². The van der Waals surface area contributed by atoms with E-state index in [0.29, 0.717) is 19.1 Å². The van der Waals surface area contributed by atoms with Crippen molar-refractivity contribution in [1.82, 2.24) is 15.4 Å². The van der Waals surface area contributed by atoms with Crippen molar-refractivity contribution in [3.63, 3.8) is 0 Å². The fourth-order valence-electron chi connectivity index (χ4n) is 1.87. The van der Waals surface area contributed by atoms with Crippen LogP contribution < -0.4 is 15.4 Å². The van der Waals surface area contributed by atoms with Crippen LogP contribution >= 0.6 is 24.0 Å². The zero-order chi connectivity index (χ0) is 18.2. The Morgan fingerprint density at radius 3 is 2.28 bits per heavy atom. The van der Waals surface area contributed by atoms with Crippen molar-refractivity contribution in [1.29, 1.82) is 0 Å². The number of benzene rings is 1. The minimum absolute atomic E-state index is 0. The molecule has 0 spiro atoms. The van der Waals surface area contributed by atoms with Gasteiger partial charge in [0.1, 0.15) is 0 Å². The van der Waals surface area contributed by atoms with Crippen LogP contribution in [-0.2, 0) is 21.3 Å². The number of methoxy groups -OCH3 is 1. The fraction of sp³-hybridized carbons (Fsp3) is 0.562. The number of ether oxygens (including phenoxy) is 1. The van der Waals surface area contributed by atoms with Crippen molar-refractivity contribution in [2.75, 3.05) is 27.3 Å². The van der Waals surface area contributed by atoms with Crippen LogP contribution in [0.15, 0.2) is 34.2 Å². The Morgan fingerprint density at radius 2 is 1.80 bits per heavy atom. The standard InChI is InChI=1S/C16H28N4O3S.HI/c1-16(2,3)20-15(17-4)18-12-13-6-8-14(9-7-13)24(21,22)19-10-11-23-5;/h6-9,19H,10-12H2,1-5H3,(H2,17,18,20);1H. The quantitative estimate of drug-likeness (QED) is 0.237. The molecule has 0 saturated heterocycles. The molecule has 0 aliphatic rings. The van der Waals surface area contributed by atoms with Gasteiger partial charge in [0.05, 0.1) is 11.5 Å². The second-order valence-electron chi connectivity index (χ2n) is 6.34. The number of nitrogens with zero attached hydrogens (tertiary/aromatic N) is 1. The smallest absolute Gasteiger partial charge is 0.240 e. The van der Waals surface area contributed by atoms with E-state index in [1.165, 1.54) is 7.11 Å². The van der Waals surface area contributed by atoms with E-state index in [-0.39, 0.29) is 41.0 Å². The number of aliphatic imine (C=N–C) groups is 1. The molecule has 25 heavy (non-hydrogen) atoms. The topological polar surface area (TPSA) is 91.8 Å². The third-order valence-corrected chi connectivity index (χ3v) is 4.49. The van der Waals surface area contributed by atoms with E-state index in [9.17, 15) is 8.42 Å². The van der Waals surface area contributed by atoms with Gasteiger partial charge < -0.3 is 15.4 Å². The molecular formula is C16H29IN4O3S. The molecule has 9 heteroatoms. The number of halogens is 1. The summed E-state index contributed by atoms with van der Waals surface area (Å²) < 4.78 is 31.5. The first-order chi connectivity index (χ1) is 11.2. The maximum atomic E-state index is 12.1. The average Bonchev–Trinajstić information content (AvgIpc) is 2.51. The van der Waals surface area contributed by atoms with E-state index in [1.54, 1.807) is 31.3 Å². The maximum absolute atomic E-state index is 12.1. The van der Waals surface area contributed by atoms with Crippen LogP contribution in [-0.4, -0.2) is 47.2 Å². The first-order valence-corrected chi connectivity index (χ1v) is 9.22. The van der Waals surface area contributed by atoms with Gasteiger partial charge in [-0.15, -0.1) is 24.0 Å². The van der Waals surface area contributed by atoms with E-state index in [0.717, 1.165) is 5.56 Å². The first kappa shape index (κ1) is 24.1. The highest BCUT2D eigenvalue weighted by atomic mass is 127. The summed E-state index contributed by atoms with van der Waals surface area (Å²) in [5, 5.41) is 6.46. The lowest BCUT2D eigenvalue weighted by Crippen LogP contribution is -2.47. The number of hydrogen-bond acceptors (Lipinski definition) is 4. The van der Waals surface area contributed by atoms with Gasteiger partial charge in [0.25, 0.3) is 0 Å². The molecule has 0 fully saturated rings. The highest BCUT2D eigenvalue weighted by Crippen LogP contribution is 2.10. The molecule has 0 aliphatic carbocycles. The Balaban J connectivity index is 0.00000576. The summed E-state index contributed by atoms with van der Waals surface area (Å²) in [6, 6.07) is 6.74. The molecule has 0 radical (unpaired) electrons. The van der Waals surface area contributed by atoms with Gasteiger partial charge in [-0.1, -0.05) is 12.1 Å². The molecule has 3 N–H and O–H groups in total. The summed E-state index contributed by atoms with van der Waals surface area (Å²) >= 11 is 0. The van der Waals surface area contributed by atoms with Gasteiger partial charge in [-0.05, 0) is 38.5 Å². The van der Waals surface area contributed by atoms with Gasteiger partial charge in [-0.2, -0.15) is 0 Å². The molecule has 0 amide bonds. The molecule has 1 aromatic rings. The Kier molecular flexibility index (Phi) is 10.5. The zero-order valence-electron chi connectivity index (χ0n) is 15.4. The molecule has 1 aromatic carbocycles. The maximum Gasteiger partial charge on any atom is 0.240 e. The van der Waals surface area contributed by atoms with Gasteiger partial charge >= 0.3 is 0 Å². The predicted octanol–water partition coefficient (Wildman–Crippen LogP) is 1.69. The second kappa shape index (κ2) is 10.9. The van der Waals surface area contributed by atoms with Crippen LogP contribution in [0.2, 0.25) is 0 Å². The van der Waals surface area contributed by atoms with E-state index < -0.39 is 10.0 Å². The third-order valence-electron chi connectivity index (χ3n) is 3.01. The molecule has 0 atom stereocenters. The second-order valence-corrected chi connectivity index (χ2v) is 8.10. The van der Waals surface area contributed by atoms with E-state index in [2.05, 4.69) is 41.1 Å². The largest absolute Gasteiger partial charge is 0.383 e. The van der Waals surface area contributed by atoms with Crippen LogP contribution in [0.25, 0.3) is 0 Å². The molecular weight excluding hydrogens is 455 g/mol. The van der Waals surface area contributed by atoms with Crippen molar-refractivity contribution in [3.8, 4) is 0 Å². The van der Waals surface area contributed by atoms with Crippen LogP contribution in [0, 0.1) is 0 Å². The lowest BCUT2D eigenvalue weighted by Gasteiger charge is -2.23. The summed E-state index contributed by atoms with van der Waals surface area (Å²) in [7, 11) is -0.259. The van der Waals surface area contributed by atoms with Gasteiger partial charge in [-0.25, -0.2) is 13.1 Å². The molecule has 0 unspecified atom stereocenters. The van der Waals surface area contributed by atoms with Gasteiger partial charge in [0, 0.05) is 32.8 Å². The lowest BCUT2D eigenvalue weighted by atomic mass is 10.1. The van der Waals surface area contributed by atoms with Gasteiger partial charge in [0.2, 0.25) is 10.0 Å². The normalized spacial score (nSPS) is 12.4. The molecule has 0 aliphatic heterocycles. The summed E-state index contributed by atoms with van der Waals surface area (Å²) in [4.78, 5) is 4.40. The number of guanidine groups is 1. The summed E-state index contributed by atoms with van der Waals surface area (Å²) in [5.74, 6) is 0.695. The molecule has 0 bridgehead atoms. The molecule has 0 saturated carbocycles. The summed E-state index contributed by atoms with van der Waals surface area (Å²) in [6.45, 7) is 7.29. The molecule has 144 valence electrons. The van der Waals surface area contributed by atoms with Crippen molar-refractivity contribution < 1.29 is 13.2 Å². The molecule has 0 aromatic heterocycles. The number of nitrogens with one attached hydrogen (secondary N) is 3. The Bertz CT molecular complexity index is 640. The van der Waals surface area contributed by atoms with Gasteiger partial charge in [0.15, 0.2) is 5.96 Å². The molecule has 0 heterocycles. The van der Waals surface area contributed by atoms with Crippen LogP contribution in [0.1, 0.15) is 26.3 Å². The zero-order valence-corrected chi connectivity index (χ0v) is 18.6. The van der Waals surface area contributed by atoms with E-state index in [1.807, 2.05) is 0 Å². The lowest BCUT2D eigenvalue weighted by molar-refractivity contribution is 0.204. The Labute approximate surface area is 168 Å². The SMILES string of the molecule is CN=C(NCc1ccc(S(=O)(=O)NCCOC)cc1)NC(C)(C)C.I. The van der Waals surface area contributed by atoms with Crippen molar-refractivity contribution in [2.45, 2.75) is 37.8 Å². The minimum Gasteiger partial charge on any atom is -0.383 e. The van der Waals surface area contributed by atoms with Gasteiger partial charge in [-0.3, -0.25) is 4.99 Å². The van der Waals surface area contributed by atoms with Crippen LogP contribution in [0.4, 0.5) is 0 Å². The summed E-state index contributed by atoms with van der Waals surface area (Å²) in [6.07, 6.45) is 0. The number of sulfonamides is 1. The monoisotopic (exact) mass is 484 g/mol.